The second kappa shape index (κ2) is 8.74. The van der Waals surface area contributed by atoms with Crippen LogP contribution in [-0.4, -0.2) is 29.4 Å². The average molecular weight is 405 g/mol. The number of methoxy groups -OCH3 is 1. The molecule has 30 heavy (non-hydrogen) atoms. The fourth-order valence-electron chi connectivity index (χ4n) is 4.45. The Kier molecular flexibility index (Phi) is 5.88. The van der Waals surface area contributed by atoms with E-state index in [0.29, 0.717) is 12.1 Å². The normalized spacial score (nSPS) is 14.6. The molecule has 1 saturated carbocycles. The van der Waals surface area contributed by atoms with Gasteiger partial charge in [0.05, 0.1) is 12.7 Å². The van der Waals surface area contributed by atoms with Gasteiger partial charge in [0.2, 0.25) is 0 Å². The van der Waals surface area contributed by atoms with Gasteiger partial charge in [-0.1, -0.05) is 49.6 Å². The molecule has 3 aromatic rings. The molecule has 0 unspecified atom stereocenters. The van der Waals surface area contributed by atoms with Gasteiger partial charge >= 0.3 is 0 Å². The Morgan fingerprint density at radius 3 is 2.43 bits per heavy atom. The van der Waals surface area contributed by atoms with Crippen LogP contribution in [-0.2, 0) is 11.3 Å². The van der Waals surface area contributed by atoms with Crippen LogP contribution >= 0.6 is 0 Å². The summed E-state index contributed by atoms with van der Waals surface area (Å²) in [5.74, 6) is -0.122. The van der Waals surface area contributed by atoms with E-state index in [-0.39, 0.29) is 6.04 Å². The number of nitrogens with one attached hydrogen (secondary N) is 1. The summed E-state index contributed by atoms with van der Waals surface area (Å²) in [5, 5.41) is 3.80. The molecule has 1 aliphatic carbocycles. The molecule has 0 spiro atoms. The van der Waals surface area contributed by atoms with Crippen molar-refractivity contribution in [2.45, 2.75) is 51.6 Å². The molecule has 1 amide bonds. The highest BCUT2D eigenvalue weighted by Gasteiger charge is 2.27. The molecule has 0 saturated heterocycles. The van der Waals surface area contributed by atoms with Crippen LogP contribution < -0.4 is 10.1 Å². The molecule has 5 nitrogen and oxygen atoms in total. The quantitative estimate of drug-likeness (QED) is 0.481. The van der Waals surface area contributed by atoms with Gasteiger partial charge in [-0.05, 0) is 43.5 Å². The molecule has 0 aliphatic heterocycles. The number of carbonyl (C=O) groups is 2. The predicted octanol–water partition coefficient (Wildman–Crippen LogP) is 4.64. The van der Waals surface area contributed by atoms with E-state index in [0.717, 1.165) is 53.6 Å². The van der Waals surface area contributed by atoms with Crippen molar-refractivity contribution >= 4 is 22.6 Å². The molecule has 1 fully saturated rings. The van der Waals surface area contributed by atoms with Crippen LogP contribution in [0.3, 0.4) is 0 Å². The van der Waals surface area contributed by atoms with Crippen molar-refractivity contribution < 1.29 is 14.3 Å². The second-order valence-electron chi connectivity index (χ2n) is 8.05. The third-order valence-corrected chi connectivity index (χ3v) is 6.10. The zero-order valence-electron chi connectivity index (χ0n) is 17.6. The van der Waals surface area contributed by atoms with Gasteiger partial charge in [0.25, 0.3) is 11.7 Å². The number of amides is 1. The Labute approximate surface area is 177 Å². The highest BCUT2D eigenvalue weighted by Crippen LogP contribution is 2.28. The number of Topliss-reactive ketones (excluding diaryl/α,β-unsaturated/α-hetero) is 1. The first-order chi connectivity index (χ1) is 14.6. The third-order valence-electron chi connectivity index (χ3n) is 6.10. The molecular weight excluding hydrogens is 376 g/mol. The summed E-state index contributed by atoms with van der Waals surface area (Å²) >= 11 is 0. The lowest BCUT2D eigenvalue weighted by Crippen LogP contribution is -2.40. The molecular formula is C25H28N2O3. The Morgan fingerprint density at radius 1 is 1.03 bits per heavy atom. The molecule has 1 aromatic heterocycles. The van der Waals surface area contributed by atoms with Crippen molar-refractivity contribution in [3.05, 3.63) is 65.4 Å². The minimum atomic E-state index is -0.489. The van der Waals surface area contributed by atoms with Crippen molar-refractivity contribution in [1.29, 1.82) is 0 Å². The van der Waals surface area contributed by atoms with Crippen LogP contribution in [0.2, 0.25) is 0 Å². The number of ether oxygens (including phenoxy) is 1. The number of nitrogens with zero attached hydrogens (tertiary/aromatic N) is 1. The van der Waals surface area contributed by atoms with Gasteiger partial charge in [-0.2, -0.15) is 0 Å². The van der Waals surface area contributed by atoms with E-state index >= 15 is 0 Å². The maximum Gasteiger partial charge on any atom is 0.292 e. The topological polar surface area (TPSA) is 60.3 Å². The molecule has 1 aliphatic rings. The largest absolute Gasteiger partial charge is 0.497 e. The van der Waals surface area contributed by atoms with Crippen molar-refractivity contribution in [3.8, 4) is 5.75 Å². The summed E-state index contributed by atoms with van der Waals surface area (Å²) < 4.78 is 7.35. The number of ketones is 1. The van der Waals surface area contributed by atoms with Crippen LogP contribution in [0.15, 0.2) is 48.5 Å². The van der Waals surface area contributed by atoms with E-state index in [2.05, 4.69) is 9.88 Å². The third kappa shape index (κ3) is 3.97. The first-order valence-electron chi connectivity index (χ1n) is 10.6. The Hall–Kier alpha value is -3.08. The Balaban J connectivity index is 1.65. The molecule has 4 rings (SSSR count). The van der Waals surface area contributed by atoms with Crippen molar-refractivity contribution in [3.63, 3.8) is 0 Å². The molecule has 0 bridgehead atoms. The monoisotopic (exact) mass is 404 g/mol. The maximum atomic E-state index is 13.2. The van der Waals surface area contributed by atoms with E-state index in [1.165, 1.54) is 6.42 Å². The van der Waals surface area contributed by atoms with E-state index in [4.69, 9.17) is 4.74 Å². The number of hydrogen-bond acceptors (Lipinski definition) is 3. The highest BCUT2D eigenvalue weighted by molar-refractivity contribution is 6.45. The van der Waals surface area contributed by atoms with Gasteiger partial charge in [-0.15, -0.1) is 0 Å². The van der Waals surface area contributed by atoms with Crippen LogP contribution in [0.25, 0.3) is 10.9 Å². The van der Waals surface area contributed by atoms with Gasteiger partial charge in [0, 0.05) is 29.2 Å². The maximum absolute atomic E-state index is 13.2. The van der Waals surface area contributed by atoms with Crippen LogP contribution in [0.1, 0.15) is 53.7 Å². The molecule has 156 valence electrons. The lowest BCUT2D eigenvalue weighted by molar-refractivity contribution is -0.117. The zero-order valence-corrected chi connectivity index (χ0v) is 17.6. The van der Waals surface area contributed by atoms with Gasteiger partial charge in [0.15, 0.2) is 0 Å². The Morgan fingerprint density at radius 2 is 1.73 bits per heavy atom. The van der Waals surface area contributed by atoms with Gasteiger partial charge in [-0.3, -0.25) is 9.59 Å². The number of fused-ring (bicyclic) bond motifs is 1. The highest BCUT2D eigenvalue weighted by atomic mass is 16.5. The fraction of sp³-hybridized carbons (Fsp3) is 0.360. The SMILES string of the molecule is COc1ccc(Cn2c(C)c(C(=O)C(=O)NC3CCCCC3)c3ccccc32)cc1. The summed E-state index contributed by atoms with van der Waals surface area (Å²) in [5.41, 5.74) is 3.38. The number of carbonyl (C=O) groups excluding carboxylic acids is 2. The lowest BCUT2D eigenvalue weighted by Gasteiger charge is -2.22. The Bertz CT molecular complexity index is 1060. The number of benzene rings is 2. The summed E-state index contributed by atoms with van der Waals surface area (Å²) in [7, 11) is 1.65. The summed E-state index contributed by atoms with van der Waals surface area (Å²) in [6, 6.07) is 15.8. The second-order valence-corrected chi connectivity index (χ2v) is 8.05. The van der Waals surface area contributed by atoms with Crippen molar-refractivity contribution in [2.75, 3.05) is 7.11 Å². The number of hydrogen-bond donors (Lipinski definition) is 1. The standard InChI is InChI=1S/C25H28N2O3/c1-17-23(24(28)25(29)26-19-8-4-3-5-9-19)21-10-6-7-11-22(21)27(17)16-18-12-14-20(30-2)15-13-18/h6-7,10-15,19H,3-5,8-9,16H2,1-2H3,(H,26,29). The summed E-state index contributed by atoms with van der Waals surface area (Å²) in [4.78, 5) is 25.9. The summed E-state index contributed by atoms with van der Waals surface area (Å²) in [6.07, 6.45) is 5.34. The molecule has 0 atom stereocenters. The summed E-state index contributed by atoms with van der Waals surface area (Å²) in [6.45, 7) is 2.54. The lowest BCUT2D eigenvalue weighted by atomic mass is 9.95. The van der Waals surface area contributed by atoms with E-state index in [1.54, 1.807) is 7.11 Å². The van der Waals surface area contributed by atoms with Crippen LogP contribution in [0.5, 0.6) is 5.75 Å². The smallest absolute Gasteiger partial charge is 0.292 e. The zero-order chi connectivity index (χ0) is 21.1. The van der Waals surface area contributed by atoms with Crippen molar-refractivity contribution in [1.82, 2.24) is 9.88 Å². The molecule has 1 heterocycles. The average Bonchev–Trinajstić information content (AvgIpc) is 3.06. The van der Waals surface area contributed by atoms with Crippen LogP contribution in [0.4, 0.5) is 0 Å². The number of aromatic nitrogens is 1. The van der Waals surface area contributed by atoms with Crippen molar-refractivity contribution in [2.24, 2.45) is 0 Å². The van der Waals surface area contributed by atoms with Gasteiger partial charge in [0.1, 0.15) is 5.75 Å². The van der Waals surface area contributed by atoms with E-state index < -0.39 is 11.7 Å². The minimum Gasteiger partial charge on any atom is -0.497 e. The van der Waals surface area contributed by atoms with E-state index in [9.17, 15) is 9.59 Å². The first kappa shape index (κ1) is 20.2. The number of rotatable bonds is 6. The molecule has 2 aromatic carbocycles. The van der Waals surface area contributed by atoms with Gasteiger partial charge in [-0.25, -0.2) is 0 Å². The molecule has 1 N–H and O–H groups in total. The fourth-order valence-corrected chi connectivity index (χ4v) is 4.45. The van der Waals surface area contributed by atoms with Gasteiger partial charge < -0.3 is 14.6 Å². The predicted molar refractivity (Wildman–Crippen MR) is 118 cm³/mol. The molecule has 5 heteroatoms. The van der Waals surface area contributed by atoms with Crippen LogP contribution in [0, 0.1) is 6.92 Å². The number of para-hydroxylation sites is 1. The van der Waals surface area contributed by atoms with E-state index in [1.807, 2.05) is 55.5 Å². The minimum absolute atomic E-state index is 0.114. The molecule has 0 radical (unpaired) electrons. The first-order valence-corrected chi connectivity index (χ1v) is 10.6.